The van der Waals surface area contributed by atoms with Crippen molar-refractivity contribution in [2.75, 3.05) is 6.61 Å². The molecule has 2 saturated carbocycles. The summed E-state index contributed by atoms with van der Waals surface area (Å²) in [5.74, 6) is 0.614. The van der Waals surface area contributed by atoms with Crippen LogP contribution in [0.3, 0.4) is 0 Å². The highest BCUT2D eigenvalue weighted by molar-refractivity contribution is 5.68. The van der Waals surface area contributed by atoms with E-state index in [-0.39, 0.29) is 48.3 Å². The van der Waals surface area contributed by atoms with Gasteiger partial charge >= 0.3 is 6.18 Å². The van der Waals surface area contributed by atoms with Gasteiger partial charge in [0.1, 0.15) is 5.82 Å². The highest BCUT2D eigenvalue weighted by Crippen LogP contribution is 2.58. The van der Waals surface area contributed by atoms with Gasteiger partial charge in [0.15, 0.2) is 0 Å². The maximum atomic E-state index is 14.7. The van der Waals surface area contributed by atoms with Crippen LogP contribution in [0.2, 0.25) is 0 Å². The first-order valence-electron chi connectivity index (χ1n) is 12.8. The van der Waals surface area contributed by atoms with Crippen molar-refractivity contribution in [1.29, 1.82) is 0 Å². The summed E-state index contributed by atoms with van der Waals surface area (Å²) in [5, 5.41) is 9.80. The Balaban J connectivity index is 1.35. The molecule has 3 aliphatic rings. The maximum absolute atomic E-state index is 14.7. The minimum Gasteiger partial charge on any atom is -0.478 e. The van der Waals surface area contributed by atoms with Crippen LogP contribution in [0, 0.1) is 17.7 Å². The Hall–Kier alpha value is -2.97. The van der Waals surface area contributed by atoms with Gasteiger partial charge in [-0.15, -0.1) is 0 Å². The zero-order valence-corrected chi connectivity index (χ0v) is 21.4. The van der Waals surface area contributed by atoms with E-state index >= 15 is 0 Å². The second kappa shape index (κ2) is 9.97. The van der Waals surface area contributed by atoms with Crippen LogP contribution < -0.4 is 4.74 Å². The summed E-state index contributed by atoms with van der Waals surface area (Å²) in [6, 6.07) is 4.65. The Morgan fingerprint density at radius 1 is 1.18 bits per heavy atom. The fourth-order valence-corrected chi connectivity index (χ4v) is 5.18. The molecule has 0 bridgehead atoms. The van der Waals surface area contributed by atoms with E-state index in [2.05, 4.69) is 23.7 Å². The van der Waals surface area contributed by atoms with E-state index < -0.39 is 23.2 Å². The Labute approximate surface area is 219 Å². The molecule has 1 N–H and O–H groups in total. The zero-order chi connectivity index (χ0) is 27.2. The number of alkyl halides is 3. The van der Waals surface area contributed by atoms with Crippen LogP contribution in [-0.2, 0) is 17.5 Å². The molecule has 1 aromatic carbocycles. The second-order valence-corrected chi connectivity index (χ2v) is 11.0. The summed E-state index contributed by atoms with van der Waals surface area (Å²) in [4.78, 5) is 4.03. The molecular weight excluding hydrogens is 498 g/mol. The van der Waals surface area contributed by atoms with Crippen molar-refractivity contribution in [3.63, 3.8) is 0 Å². The van der Waals surface area contributed by atoms with E-state index in [4.69, 9.17) is 9.47 Å². The molecule has 2 aromatic rings. The third kappa shape index (κ3) is 5.86. The Kier molecular flexibility index (Phi) is 6.99. The van der Waals surface area contributed by atoms with Crippen LogP contribution in [0.5, 0.6) is 5.88 Å². The molecule has 3 aliphatic carbocycles. The van der Waals surface area contributed by atoms with Gasteiger partial charge in [-0.3, -0.25) is 0 Å². The van der Waals surface area contributed by atoms with Gasteiger partial charge in [-0.1, -0.05) is 18.7 Å². The number of allylic oxidation sites excluding steroid dienone is 3. The normalized spacial score (nSPS) is 22.8. The summed E-state index contributed by atoms with van der Waals surface area (Å²) in [6.07, 6.45) is 3.48. The van der Waals surface area contributed by atoms with Gasteiger partial charge in [-0.05, 0) is 85.4 Å². The number of ether oxygens (including phenoxy) is 2. The molecule has 2 fully saturated rings. The lowest BCUT2D eigenvalue weighted by Gasteiger charge is -2.19. The van der Waals surface area contributed by atoms with Crippen molar-refractivity contribution in [3.05, 3.63) is 82.9 Å². The van der Waals surface area contributed by atoms with Crippen LogP contribution in [-0.4, -0.2) is 28.4 Å². The predicted molar refractivity (Wildman–Crippen MR) is 136 cm³/mol. The van der Waals surface area contributed by atoms with E-state index in [1.54, 1.807) is 13.8 Å². The number of nitrogens with zero attached hydrogens (tertiary/aromatic N) is 1. The molecule has 38 heavy (non-hydrogen) atoms. The summed E-state index contributed by atoms with van der Waals surface area (Å²) in [5.41, 5.74) is 1.71. The summed E-state index contributed by atoms with van der Waals surface area (Å²) in [7, 11) is 0. The molecule has 8 heteroatoms. The number of hydrogen-bond acceptors (Lipinski definition) is 4. The Bertz CT molecular complexity index is 1310. The van der Waals surface area contributed by atoms with Crippen molar-refractivity contribution in [3.8, 4) is 17.0 Å². The van der Waals surface area contributed by atoms with Crippen LogP contribution in [0.1, 0.15) is 50.7 Å². The number of pyridine rings is 1. The fraction of sp³-hybridized carbons (Fsp3) is 0.433. The van der Waals surface area contributed by atoms with Crippen molar-refractivity contribution < 1.29 is 32.1 Å². The molecule has 3 atom stereocenters. The molecule has 0 spiro atoms. The van der Waals surface area contributed by atoms with E-state index in [0.717, 1.165) is 36.2 Å². The van der Waals surface area contributed by atoms with Crippen molar-refractivity contribution in [1.82, 2.24) is 4.98 Å². The summed E-state index contributed by atoms with van der Waals surface area (Å²) >= 11 is 0. The third-order valence-corrected chi connectivity index (χ3v) is 7.44. The van der Waals surface area contributed by atoms with Gasteiger partial charge in [-0.25, -0.2) is 9.37 Å². The molecule has 3 unspecified atom stereocenters. The molecule has 0 amide bonds. The van der Waals surface area contributed by atoms with Gasteiger partial charge < -0.3 is 14.6 Å². The molecule has 1 aromatic heterocycles. The van der Waals surface area contributed by atoms with Gasteiger partial charge in [0.05, 0.1) is 30.5 Å². The van der Waals surface area contributed by atoms with E-state index in [1.165, 1.54) is 29.7 Å². The first kappa shape index (κ1) is 26.6. The van der Waals surface area contributed by atoms with Crippen LogP contribution in [0.15, 0.2) is 65.9 Å². The Morgan fingerprint density at radius 3 is 2.71 bits per heavy atom. The summed E-state index contributed by atoms with van der Waals surface area (Å²) < 4.78 is 68.0. The van der Waals surface area contributed by atoms with E-state index in [9.17, 15) is 22.7 Å². The lowest BCUT2D eigenvalue weighted by molar-refractivity contribution is -0.137. The fourth-order valence-electron chi connectivity index (χ4n) is 5.18. The molecule has 0 saturated heterocycles. The molecule has 202 valence electrons. The number of aliphatic hydroxyl groups is 1. The average Bonchev–Trinajstić information content (AvgIpc) is 3.54. The average molecular weight is 530 g/mol. The molecule has 4 nitrogen and oxygen atoms in total. The maximum Gasteiger partial charge on any atom is 0.417 e. The monoisotopic (exact) mass is 529 g/mol. The topological polar surface area (TPSA) is 51.6 Å². The number of fused-ring (bicyclic) bond motifs is 3. The van der Waals surface area contributed by atoms with Crippen molar-refractivity contribution in [2.24, 2.45) is 11.8 Å². The zero-order valence-electron chi connectivity index (χ0n) is 21.4. The quantitative estimate of drug-likeness (QED) is 0.291. The predicted octanol–water partition coefficient (Wildman–Crippen LogP) is 7.18. The van der Waals surface area contributed by atoms with E-state index in [0.29, 0.717) is 12.3 Å². The minimum atomic E-state index is -4.69. The van der Waals surface area contributed by atoms with Crippen molar-refractivity contribution in [2.45, 2.75) is 64.0 Å². The first-order valence-corrected chi connectivity index (χ1v) is 12.8. The smallest absolute Gasteiger partial charge is 0.417 e. The summed E-state index contributed by atoms with van der Waals surface area (Å²) in [6.45, 7) is 7.19. The SMILES string of the molecule is C=C1CC=C2C(=CC1OCc1cc(-c3cnc(OCCC(C)(C)O)cc3C(F)(F)F)ccc1F)CC1CC21. The van der Waals surface area contributed by atoms with Crippen LogP contribution in [0.25, 0.3) is 11.1 Å². The van der Waals surface area contributed by atoms with Crippen molar-refractivity contribution >= 4 is 0 Å². The molecule has 1 heterocycles. The molecule has 0 aliphatic heterocycles. The minimum absolute atomic E-state index is 0.00608. The molecule has 5 rings (SSSR count). The van der Waals surface area contributed by atoms with E-state index in [1.807, 2.05) is 0 Å². The van der Waals surface area contributed by atoms with Gasteiger partial charge in [0, 0.05) is 29.8 Å². The third-order valence-electron chi connectivity index (χ3n) is 7.44. The highest BCUT2D eigenvalue weighted by atomic mass is 19.4. The Morgan fingerprint density at radius 2 is 1.97 bits per heavy atom. The van der Waals surface area contributed by atoms with Gasteiger partial charge in [0.2, 0.25) is 5.88 Å². The number of aromatic nitrogens is 1. The molecular formula is C30H31F4NO3. The van der Waals surface area contributed by atoms with Gasteiger partial charge in [-0.2, -0.15) is 13.2 Å². The molecule has 0 radical (unpaired) electrons. The van der Waals surface area contributed by atoms with Crippen LogP contribution in [0.4, 0.5) is 17.6 Å². The number of rotatable bonds is 8. The lowest BCUT2D eigenvalue weighted by Crippen LogP contribution is -2.22. The number of hydrogen-bond donors (Lipinski definition) is 1. The second-order valence-electron chi connectivity index (χ2n) is 11.0. The number of benzene rings is 1. The highest BCUT2D eigenvalue weighted by Gasteiger charge is 2.47. The first-order chi connectivity index (χ1) is 17.9. The standard InChI is InChI=1S/C30H31F4NO3/c1-17-4-6-22-20(11-19-12-23(19)22)13-27(17)38-16-21-10-18(5-7-26(21)31)24-15-35-28(14-25(24)30(32,33)34)37-9-8-29(2,3)36/h5-7,10,13-15,19,23,27,36H,1,4,8-9,11-12,16H2,2-3H3. The lowest BCUT2D eigenvalue weighted by atomic mass is 9.99. The van der Waals surface area contributed by atoms with Crippen LogP contribution >= 0.6 is 0 Å². The number of halogens is 4. The largest absolute Gasteiger partial charge is 0.478 e. The van der Waals surface area contributed by atoms with Gasteiger partial charge in [0.25, 0.3) is 0 Å².